The number of benzene rings is 3. The molecule has 0 aliphatic rings. The number of carbonyl (C=O) groups excluding carboxylic acids is 1. The average Bonchev–Trinajstić information content (AvgIpc) is 3.46. The smallest absolute Gasteiger partial charge is 0.291 e. The normalized spacial score (nSPS) is 11.0. The number of aromatic nitrogens is 1. The summed E-state index contributed by atoms with van der Waals surface area (Å²) < 4.78 is 25.2. The second kappa shape index (κ2) is 8.88. The Labute approximate surface area is 193 Å². The molecule has 5 nitrogen and oxygen atoms in total. The Bertz CT molecular complexity index is 1420. The first-order chi connectivity index (χ1) is 16.0. The molecular formula is C26H19FN2O3S. The zero-order valence-electron chi connectivity index (χ0n) is 17.7. The molecule has 5 rings (SSSR count). The van der Waals surface area contributed by atoms with Crippen LogP contribution in [0.3, 0.4) is 0 Å². The van der Waals surface area contributed by atoms with Crippen molar-refractivity contribution in [1.29, 1.82) is 0 Å². The van der Waals surface area contributed by atoms with Crippen LogP contribution in [0.5, 0.6) is 5.75 Å². The predicted octanol–water partition coefficient (Wildman–Crippen LogP) is 6.84. The highest BCUT2D eigenvalue weighted by atomic mass is 32.1. The van der Waals surface area contributed by atoms with Gasteiger partial charge >= 0.3 is 0 Å². The Morgan fingerprint density at radius 3 is 2.61 bits per heavy atom. The third kappa shape index (κ3) is 4.78. The van der Waals surface area contributed by atoms with Gasteiger partial charge in [-0.3, -0.25) is 4.79 Å². The number of ether oxygens (including phenoxy) is 1. The summed E-state index contributed by atoms with van der Waals surface area (Å²) >= 11 is 1.64. The number of halogens is 1. The summed E-state index contributed by atoms with van der Waals surface area (Å²) in [4.78, 5) is 17.2. The number of furan rings is 1. The molecule has 2 aromatic heterocycles. The van der Waals surface area contributed by atoms with Crippen molar-refractivity contribution in [3.63, 3.8) is 0 Å². The molecule has 164 valence electrons. The van der Waals surface area contributed by atoms with Crippen LogP contribution in [0.25, 0.3) is 20.8 Å². The van der Waals surface area contributed by atoms with Gasteiger partial charge in [0.05, 0.1) is 10.2 Å². The van der Waals surface area contributed by atoms with Crippen LogP contribution in [0.4, 0.5) is 10.1 Å². The SMILES string of the molecule is Cc1ccc2nc(-c3ccc(NC(=O)c4ccc(COc5ccc(F)cc5)o4)cc3)sc2c1. The second-order valence-electron chi connectivity index (χ2n) is 7.53. The molecule has 0 aliphatic heterocycles. The fourth-order valence-electron chi connectivity index (χ4n) is 3.31. The zero-order valence-corrected chi connectivity index (χ0v) is 18.5. The maximum atomic E-state index is 13.0. The first-order valence-electron chi connectivity index (χ1n) is 10.3. The van der Waals surface area contributed by atoms with Gasteiger partial charge in [-0.25, -0.2) is 9.37 Å². The number of carbonyl (C=O) groups is 1. The molecule has 1 amide bonds. The molecule has 0 spiro atoms. The van der Waals surface area contributed by atoms with Crippen LogP contribution in [0.1, 0.15) is 21.9 Å². The van der Waals surface area contributed by atoms with E-state index < -0.39 is 0 Å². The number of nitrogens with one attached hydrogen (secondary N) is 1. The Kier molecular flexibility index (Phi) is 5.62. The number of hydrogen-bond acceptors (Lipinski definition) is 5. The van der Waals surface area contributed by atoms with E-state index >= 15 is 0 Å². The van der Waals surface area contributed by atoms with Crippen molar-refractivity contribution in [2.45, 2.75) is 13.5 Å². The number of aryl methyl sites for hydroxylation is 1. The summed E-state index contributed by atoms with van der Waals surface area (Å²) in [5, 5.41) is 3.77. The topological polar surface area (TPSA) is 64.4 Å². The van der Waals surface area contributed by atoms with Gasteiger partial charge in [-0.05, 0) is 85.3 Å². The Morgan fingerprint density at radius 2 is 1.82 bits per heavy atom. The van der Waals surface area contributed by atoms with E-state index in [1.54, 1.807) is 23.5 Å². The molecule has 0 saturated carbocycles. The summed E-state index contributed by atoms with van der Waals surface area (Å²) in [6.07, 6.45) is 0. The van der Waals surface area contributed by atoms with Gasteiger partial charge in [0.2, 0.25) is 0 Å². The van der Waals surface area contributed by atoms with Crippen molar-refractivity contribution in [2.75, 3.05) is 5.32 Å². The molecule has 5 aromatic rings. The van der Waals surface area contributed by atoms with Gasteiger partial charge in [0, 0.05) is 11.3 Å². The minimum Gasteiger partial charge on any atom is -0.486 e. The van der Waals surface area contributed by atoms with Crippen LogP contribution in [0.2, 0.25) is 0 Å². The van der Waals surface area contributed by atoms with Crippen molar-refractivity contribution in [1.82, 2.24) is 4.98 Å². The maximum absolute atomic E-state index is 13.0. The number of fused-ring (bicyclic) bond motifs is 1. The fraction of sp³-hybridized carbons (Fsp3) is 0.0769. The summed E-state index contributed by atoms with van der Waals surface area (Å²) in [7, 11) is 0. The van der Waals surface area contributed by atoms with E-state index in [1.165, 1.54) is 29.8 Å². The van der Waals surface area contributed by atoms with E-state index in [-0.39, 0.29) is 24.1 Å². The van der Waals surface area contributed by atoms with Gasteiger partial charge in [0.25, 0.3) is 5.91 Å². The van der Waals surface area contributed by atoms with Crippen LogP contribution in [-0.2, 0) is 6.61 Å². The average molecular weight is 459 g/mol. The Morgan fingerprint density at radius 1 is 1.03 bits per heavy atom. The van der Waals surface area contributed by atoms with Crippen molar-refractivity contribution >= 4 is 33.1 Å². The molecule has 7 heteroatoms. The summed E-state index contributed by atoms with van der Waals surface area (Å²) in [5.74, 6) is 0.500. The number of rotatable bonds is 6. The van der Waals surface area contributed by atoms with Crippen molar-refractivity contribution in [3.8, 4) is 16.3 Å². The predicted molar refractivity (Wildman–Crippen MR) is 127 cm³/mol. The maximum Gasteiger partial charge on any atom is 0.291 e. The van der Waals surface area contributed by atoms with Crippen LogP contribution >= 0.6 is 11.3 Å². The van der Waals surface area contributed by atoms with Gasteiger partial charge in [-0.2, -0.15) is 0 Å². The van der Waals surface area contributed by atoms with Crippen molar-refractivity contribution in [3.05, 3.63) is 102 Å². The van der Waals surface area contributed by atoms with Gasteiger partial charge in [-0.1, -0.05) is 6.07 Å². The third-order valence-corrected chi connectivity index (χ3v) is 6.08. The molecule has 0 aliphatic carbocycles. The van der Waals surface area contributed by atoms with Crippen LogP contribution in [0, 0.1) is 12.7 Å². The largest absolute Gasteiger partial charge is 0.486 e. The molecule has 0 saturated heterocycles. The lowest BCUT2D eigenvalue weighted by Gasteiger charge is -2.05. The molecule has 33 heavy (non-hydrogen) atoms. The molecule has 0 bridgehead atoms. The minimum absolute atomic E-state index is 0.134. The number of amides is 1. The summed E-state index contributed by atoms with van der Waals surface area (Å²) in [6.45, 7) is 2.20. The number of anilines is 1. The molecule has 2 heterocycles. The zero-order chi connectivity index (χ0) is 22.8. The van der Waals surface area contributed by atoms with Gasteiger partial charge in [0.1, 0.15) is 28.9 Å². The summed E-state index contributed by atoms with van der Waals surface area (Å²) in [6, 6.07) is 22.7. The van der Waals surface area contributed by atoms with E-state index in [9.17, 15) is 9.18 Å². The van der Waals surface area contributed by atoms with Gasteiger partial charge in [0.15, 0.2) is 5.76 Å². The van der Waals surface area contributed by atoms with Crippen molar-refractivity contribution < 1.29 is 18.3 Å². The highest BCUT2D eigenvalue weighted by Gasteiger charge is 2.13. The quantitative estimate of drug-likeness (QED) is 0.303. The van der Waals surface area contributed by atoms with Crippen LogP contribution < -0.4 is 10.1 Å². The lowest BCUT2D eigenvalue weighted by Crippen LogP contribution is -2.10. The van der Waals surface area contributed by atoms with Crippen LogP contribution in [0.15, 0.2) is 83.3 Å². The van der Waals surface area contributed by atoms with E-state index in [0.29, 0.717) is 17.2 Å². The third-order valence-electron chi connectivity index (χ3n) is 5.01. The van der Waals surface area contributed by atoms with E-state index in [4.69, 9.17) is 14.1 Å². The molecular weight excluding hydrogens is 439 g/mol. The molecule has 0 unspecified atom stereocenters. The summed E-state index contributed by atoms with van der Waals surface area (Å²) in [5.41, 5.74) is 3.83. The van der Waals surface area contributed by atoms with E-state index in [2.05, 4.69) is 24.4 Å². The van der Waals surface area contributed by atoms with Gasteiger partial charge < -0.3 is 14.5 Å². The Balaban J connectivity index is 1.22. The molecule has 1 N–H and O–H groups in total. The first-order valence-corrected chi connectivity index (χ1v) is 11.1. The minimum atomic E-state index is -0.355. The first kappa shape index (κ1) is 20.9. The molecule has 0 atom stereocenters. The lowest BCUT2D eigenvalue weighted by molar-refractivity contribution is 0.0992. The van der Waals surface area contributed by atoms with Crippen molar-refractivity contribution in [2.24, 2.45) is 0 Å². The molecule has 3 aromatic carbocycles. The molecule has 0 radical (unpaired) electrons. The second-order valence-corrected chi connectivity index (χ2v) is 8.56. The van der Waals surface area contributed by atoms with Crippen LogP contribution in [-0.4, -0.2) is 10.9 Å². The van der Waals surface area contributed by atoms with E-state index in [0.717, 1.165) is 20.8 Å². The highest BCUT2D eigenvalue weighted by Crippen LogP contribution is 2.31. The monoisotopic (exact) mass is 458 g/mol. The highest BCUT2D eigenvalue weighted by molar-refractivity contribution is 7.21. The standard InChI is InChI=1S/C26H19FN2O3S/c1-16-2-12-22-24(14-16)33-26(29-22)17-3-7-19(8-4-17)28-25(30)23-13-11-21(32-23)15-31-20-9-5-18(27)6-10-20/h2-14H,15H2,1H3,(H,28,30). The fourth-order valence-corrected chi connectivity index (χ4v) is 4.38. The Hall–Kier alpha value is -3.97. The number of hydrogen-bond donors (Lipinski definition) is 1. The number of nitrogens with zero attached hydrogens (tertiary/aromatic N) is 1. The molecule has 0 fully saturated rings. The van der Waals surface area contributed by atoms with E-state index in [1.807, 2.05) is 30.3 Å². The number of thiazole rings is 1. The van der Waals surface area contributed by atoms with Gasteiger partial charge in [-0.15, -0.1) is 11.3 Å². The lowest BCUT2D eigenvalue weighted by atomic mass is 10.2.